The van der Waals surface area contributed by atoms with Gasteiger partial charge in [0, 0.05) is 51.7 Å². The van der Waals surface area contributed by atoms with Crippen molar-refractivity contribution in [2.75, 3.05) is 52.4 Å². The van der Waals surface area contributed by atoms with Crippen molar-refractivity contribution in [1.82, 2.24) is 9.80 Å². The summed E-state index contributed by atoms with van der Waals surface area (Å²) in [4.78, 5) is 13.0. The number of hydrogen-bond donors (Lipinski definition) is 3. The first-order valence-electron chi connectivity index (χ1n) is 10.3. The van der Waals surface area contributed by atoms with Crippen molar-refractivity contribution < 1.29 is 56.2 Å². The largest absolute Gasteiger partial charge is 0.872 e. The van der Waals surface area contributed by atoms with Gasteiger partial charge in [-0.15, -0.1) is 11.5 Å². The van der Waals surface area contributed by atoms with Crippen molar-refractivity contribution >= 4 is 12.4 Å². The number of nitrogens with zero attached hydrogens (tertiary/aromatic N) is 4. The third-order valence-corrected chi connectivity index (χ3v) is 4.47. The fourth-order valence-corrected chi connectivity index (χ4v) is 2.49. The topological polar surface area (TPSA) is 161 Å². The van der Waals surface area contributed by atoms with Crippen molar-refractivity contribution in [3.8, 4) is 11.5 Å². The molecule has 34 heavy (non-hydrogen) atoms. The summed E-state index contributed by atoms with van der Waals surface area (Å²) in [7, 11) is -4.19. The van der Waals surface area contributed by atoms with E-state index in [1.807, 2.05) is 12.1 Å². The SMILES string of the molecule is [Mn+3].[O-][Cl+](O)(O)O.[O-]c1ccccc1C=NCCN1CC1.[O-]c1ccccc1C=NCCN1CC1. The van der Waals surface area contributed by atoms with Crippen LogP contribution >= 0.6 is 0 Å². The summed E-state index contributed by atoms with van der Waals surface area (Å²) in [6.45, 7) is 8.40. The molecule has 2 heterocycles. The Morgan fingerprint density at radius 1 is 0.735 bits per heavy atom. The molecule has 2 aliphatic heterocycles. The summed E-state index contributed by atoms with van der Waals surface area (Å²) in [5.41, 5.74) is 1.36. The van der Waals surface area contributed by atoms with E-state index in [1.165, 1.54) is 26.2 Å². The number of rotatable bonds is 8. The first-order valence-corrected chi connectivity index (χ1v) is 11.7. The van der Waals surface area contributed by atoms with E-state index < -0.39 is 10.2 Å². The van der Waals surface area contributed by atoms with Crippen LogP contribution in [0.3, 0.4) is 0 Å². The van der Waals surface area contributed by atoms with Crippen LogP contribution in [-0.2, 0) is 17.1 Å². The molecule has 4 rings (SSSR count). The molecule has 2 fully saturated rings. The van der Waals surface area contributed by atoms with Gasteiger partial charge in [0.05, 0.1) is 13.1 Å². The van der Waals surface area contributed by atoms with E-state index >= 15 is 0 Å². The number of hydrogen-bond acceptors (Lipinski definition) is 10. The van der Waals surface area contributed by atoms with Crippen molar-refractivity contribution in [3.63, 3.8) is 0 Å². The van der Waals surface area contributed by atoms with Crippen molar-refractivity contribution in [3.05, 3.63) is 59.7 Å². The quantitative estimate of drug-likeness (QED) is 0.201. The van der Waals surface area contributed by atoms with Crippen LogP contribution in [0.2, 0.25) is 0 Å². The molecule has 3 N–H and O–H groups in total. The van der Waals surface area contributed by atoms with Gasteiger partial charge < -0.3 is 10.2 Å². The van der Waals surface area contributed by atoms with Crippen molar-refractivity contribution in [2.45, 2.75) is 0 Å². The molecule has 0 saturated carbocycles. The summed E-state index contributed by atoms with van der Waals surface area (Å²) in [6, 6.07) is 13.9. The van der Waals surface area contributed by atoms with Gasteiger partial charge in [0.2, 0.25) is 0 Å². The van der Waals surface area contributed by atoms with Crippen molar-refractivity contribution in [2.24, 2.45) is 9.98 Å². The maximum Gasteiger partial charge on any atom is 0.0517 e. The van der Waals surface area contributed by atoms with E-state index in [9.17, 15) is 10.2 Å². The Bertz CT molecular complexity index is 831. The van der Waals surface area contributed by atoms with Crippen LogP contribution in [0.25, 0.3) is 0 Å². The molecule has 2 aromatic rings. The molecule has 0 spiro atoms. The molecule has 10 nitrogen and oxygen atoms in total. The van der Waals surface area contributed by atoms with E-state index in [0.29, 0.717) is 11.1 Å². The summed E-state index contributed by atoms with van der Waals surface area (Å²) < 4.78 is 30.2. The third kappa shape index (κ3) is 15.7. The Labute approximate surface area is 211 Å². The zero-order chi connectivity index (χ0) is 24.1. The number of para-hydroxylation sites is 2. The van der Waals surface area contributed by atoms with Crippen molar-refractivity contribution in [1.29, 1.82) is 0 Å². The average molecular weight is 536 g/mol. The molecule has 2 aromatic carbocycles. The second-order valence-corrected chi connectivity index (χ2v) is 8.13. The summed E-state index contributed by atoms with van der Waals surface area (Å²) in [6.07, 6.45) is 3.34. The zero-order valence-corrected chi connectivity index (χ0v) is 20.5. The third-order valence-electron chi connectivity index (χ3n) is 4.47. The molecule has 0 aliphatic carbocycles. The number of aliphatic imine (C=N–C) groups is 2. The Morgan fingerprint density at radius 3 is 1.35 bits per heavy atom. The molecule has 0 aromatic heterocycles. The first-order chi connectivity index (χ1) is 15.7. The fourth-order valence-electron chi connectivity index (χ4n) is 2.49. The van der Waals surface area contributed by atoms with Crippen LogP contribution in [0.5, 0.6) is 11.5 Å². The number of benzene rings is 2. The minimum Gasteiger partial charge on any atom is -0.872 e. The monoisotopic (exact) mass is 535 g/mol. The molecule has 186 valence electrons. The molecule has 0 unspecified atom stereocenters. The molecule has 0 amide bonds. The first kappa shape index (κ1) is 30.0. The Balaban J connectivity index is 0.000000278. The van der Waals surface area contributed by atoms with Crippen LogP contribution < -0.4 is 14.9 Å². The Kier molecular flexibility index (Phi) is 13.9. The minimum atomic E-state index is -4.19. The molecule has 2 saturated heterocycles. The second-order valence-electron chi connectivity index (χ2n) is 7.26. The van der Waals surface area contributed by atoms with Crippen LogP contribution in [0.1, 0.15) is 11.1 Å². The molecular formula is C22H29ClMnN4O6+. The maximum absolute atomic E-state index is 11.3. The smallest absolute Gasteiger partial charge is 0.0517 e. The van der Waals surface area contributed by atoms with Gasteiger partial charge in [0.1, 0.15) is 0 Å². The van der Waals surface area contributed by atoms with Gasteiger partial charge in [0.15, 0.2) is 0 Å². The van der Waals surface area contributed by atoms with E-state index in [-0.39, 0.29) is 28.6 Å². The van der Waals surface area contributed by atoms with Crippen LogP contribution in [0.15, 0.2) is 58.5 Å². The fraction of sp³-hybridized carbons (Fsp3) is 0.364. The molecule has 0 bridgehead atoms. The van der Waals surface area contributed by atoms with Crippen LogP contribution in [0, 0.1) is 10.2 Å². The van der Waals surface area contributed by atoms with Crippen LogP contribution in [-0.4, -0.2) is 88.6 Å². The molecule has 2 aliphatic rings. The second kappa shape index (κ2) is 15.8. The van der Waals surface area contributed by atoms with Gasteiger partial charge in [-0.3, -0.25) is 19.8 Å². The predicted octanol–water partition coefficient (Wildman–Crippen LogP) is -1.87. The predicted molar refractivity (Wildman–Crippen MR) is 116 cm³/mol. The zero-order valence-electron chi connectivity index (χ0n) is 18.5. The Hall–Kier alpha value is -2.05. The van der Waals surface area contributed by atoms with E-state index in [1.54, 1.807) is 48.8 Å². The van der Waals surface area contributed by atoms with E-state index in [0.717, 1.165) is 26.2 Å². The Morgan fingerprint density at radius 2 is 1.06 bits per heavy atom. The summed E-state index contributed by atoms with van der Waals surface area (Å²) in [5.74, 6) is 0.0888. The molecule has 0 radical (unpaired) electrons. The summed E-state index contributed by atoms with van der Waals surface area (Å²) >= 11 is 0. The summed E-state index contributed by atoms with van der Waals surface area (Å²) in [5, 5.41) is 22.5. The maximum atomic E-state index is 11.3. The van der Waals surface area contributed by atoms with E-state index in [2.05, 4.69) is 19.8 Å². The van der Waals surface area contributed by atoms with Crippen LogP contribution in [0.4, 0.5) is 0 Å². The molecule has 12 heteroatoms. The normalized spacial score (nSPS) is 15.6. The molecular weight excluding hydrogens is 507 g/mol. The minimum absolute atomic E-state index is 0. The standard InChI is InChI=1S/2C11H14N2O.ClH3O4.Mn/c2*14-11-4-2-1-3-10(11)9-12-5-6-13-7-8-13;2-1(3,4)5;/h2*1-4,9,14H,5-8H2;2-4H;/q;;;+3/p-2. The van der Waals surface area contributed by atoms with Gasteiger partial charge >= 0.3 is 45.9 Å². The molecule has 0 atom stereocenters. The van der Waals surface area contributed by atoms with Gasteiger partial charge in [-0.2, -0.15) is 0 Å². The van der Waals surface area contributed by atoms with Gasteiger partial charge in [-0.25, -0.2) is 0 Å². The number of halogens is 1. The van der Waals surface area contributed by atoms with Gasteiger partial charge in [-0.05, 0) is 11.1 Å². The van der Waals surface area contributed by atoms with Gasteiger partial charge in [-0.1, -0.05) is 48.5 Å². The average Bonchev–Trinajstić information content (AvgIpc) is 3.66. The van der Waals surface area contributed by atoms with Gasteiger partial charge in [0.25, 0.3) is 0 Å². The van der Waals surface area contributed by atoms with E-state index in [4.69, 9.17) is 18.6 Å².